The van der Waals surface area contributed by atoms with Gasteiger partial charge in [0.15, 0.2) is 5.76 Å². The van der Waals surface area contributed by atoms with Gasteiger partial charge in [-0.25, -0.2) is 0 Å². The molecule has 3 atom stereocenters. The first-order valence-corrected chi connectivity index (χ1v) is 12.1. The number of fused-ring (bicyclic) bond motifs is 3. The molecule has 38 heavy (non-hydrogen) atoms. The van der Waals surface area contributed by atoms with E-state index in [0.29, 0.717) is 43.2 Å². The van der Waals surface area contributed by atoms with Crippen LogP contribution in [0.4, 0.5) is 13.2 Å². The zero-order valence-corrected chi connectivity index (χ0v) is 20.0. The maximum absolute atomic E-state index is 14.4. The highest BCUT2D eigenvalue weighted by molar-refractivity contribution is 6.04. The zero-order chi connectivity index (χ0) is 26.5. The number of rotatable bonds is 5. The Morgan fingerprint density at radius 3 is 2.58 bits per heavy atom. The van der Waals surface area contributed by atoms with E-state index < -0.39 is 41.9 Å². The number of ether oxygens (including phenoxy) is 2. The van der Waals surface area contributed by atoms with Gasteiger partial charge in [-0.3, -0.25) is 4.90 Å². The summed E-state index contributed by atoms with van der Waals surface area (Å²) in [6.07, 6.45) is -5.90. The van der Waals surface area contributed by atoms with Crippen molar-refractivity contribution in [2.75, 3.05) is 39.5 Å². The van der Waals surface area contributed by atoms with Crippen molar-refractivity contribution in [2.45, 2.75) is 18.0 Å². The number of aromatic nitrogens is 1. The van der Waals surface area contributed by atoms with E-state index in [1.165, 1.54) is 12.1 Å². The molecular weight excluding hydrogens is 507 g/mol. The van der Waals surface area contributed by atoms with Crippen LogP contribution in [0.3, 0.4) is 0 Å². The van der Waals surface area contributed by atoms with E-state index in [2.05, 4.69) is 10.3 Å². The van der Waals surface area contributed by atoms with Gasteiger partial charge in [-0.2, -0.15) is 13.2 Å². The number of alkyl halides is 3. The fraction of sp³-hybridized carbons (Fsp3) is 0.385. The second-order valence-corrected chi connectivity index (χ2v) is 9.28. The highest BCUT2D eigenvalue weighted by Crippen LogP contribution is 2.52. The van der Waals surface area contributed by atoms with Gasteiger partial charge >= 0.3 is 6.18 Å². The van der Waals surface area contributed by atoms with E-state index in [0.717, 1.165) is 0 Å². The van der Waals surface area contributed by atoms with Crippen molar-refractivity contribution in [3.63, 3.8) is 0 Å². The van der Waals surface area contributed by atoms with Crippen molar-refractivity contribution in [3.05, 3.63) is 71.0 Å². The van der Waals surface area contributed by atoms with Crippen LogP contribution in [0.5, 0.6) is 5.75 Å². The average molecular weight is 531 g/mol. The summed E-state index contributed by atoms with van der Waals surface area (Å²) in [7, 11) is 0. The second-order valence-electron chi connectivity index (χ2n) is 9.28. The van der Waals surface area contributed by atoms with Gasteiger partial charge in [-0.05, 0) is 17.7 Å². The molecule has 1 saturated heterocycles. The lowest BCUT2D eigenvalue weighted by atomic mass is 9.80. The monoisotopic (exact) mass is 531 g/mol. The third-order valence-corrected chi connectivity index (χ3v) is 7.18. The Morgan fingerprint density at radius 2 is 1.87 bits per heavy atom. The number of benzene rings is 2. The molecular formula is C26H24F3N3O6. The fourth-order valence-corrected chi connectivity index (χ4v) is 5.36. The molecule has 9 nitrogen and oxygen atoms in total. The second kappa shape index (κ2) is 9.38. The quantitative estimate of drug-likeness (QED) is 0.516. The molecule has 200 valence electrons. The highest BCUT2D eigenvalue weighted by Gasteiger charge is 2.61. The molecule has 2 aromatic carbocycles. The molecule has 2 N–H and O–H groups in total. The van der Waals surface area contributed by atoms with Crippen LogP contribution < -0.4 is 4.74 Å². The molecule has 0 aliphatic carbocycles. The predicted molar refractivity (Wildman–Crippen MR) is 126 cm³/mol. The molecule has 1 aromatic heterocycles. The minimum absolute atomic E-state index is 0.0522. The van der Waals surface area contributed by atoms with E-state index in [9.17, 15) is 23.4 Å². The predicted octanol–water partition coefficient (Wildman–Crippen LogP) is 3.31. The van der Waals surface area contributed by atoms with Crippen molar-refractivity contribution < 1.29 is 42.2 Å². The van der Waals surface area contributed by atoms with Crippen LogP contribution in [0.15, 0.2) is 58.2 Å². The molecule has 6 rings (SSSR count). The Labute approximate surface area is 215 Å². The SMILES string of the molecule is OCC(O)c1ccc2c(c1)OCC1C(c3onc(-c4ccccc4)c3C(F)(F)F)=NOC21N1CCOCC1. The van der Waals surface area contributed by atoms with Crippen LogP contribution in [-0.4, -0.2) is 65.5 Å². The van der Waals surface area contributed by atoms with E-state index in [1.54, 1.807) is 36.4 Å². The zero-order valence-electron chi connectivity index (χ0n) is 20.0. The molecule has 0 amide bonds. The lowest BCUT2D eigenvalue weighted by molar-refractivity contribution is -0.201. The van der Waals surface area contributed by atoms with Crippen LogP contribution in [0.2, 0.25) is 0 Å². The van der Waals surface area contributed by atoms with Gasteiger partial charge in [0.2, 0.25) is 5.72 Å². The summed E-state index contributed by atoms with van der Waals surface area (Å²) in [6, 6.07) is 12.9. The summed E-state index contributed by atoms with van der Waals surface area (Å²) in [6.45, 7) is 1.14. The van der Waals surface area contributed by atoms with Crippen LogP contribution in [0.1, 0.15) is 28.6 Å². The summed E-state index contributed by atoms with van der Waals surface area (Å²) in [5, 5.41) is 27.5. The van der Waals surface area contributed by atoms with Gasteiger partial charge in [0.25, 0.3) is 0 Å². The van der Waals surface area contributed by atoms with Crippen molar-refractivity contribution in [1.29, 1.82) is 0 Å². The van der Waals surface area contributed by atoms with Gasteiger partial charge in [-0.15, -0.1) is 0 Å². The van der Waals surface area contributed by atoms with E-state index >= 15 is 0 Å². The molecule has 3 aliphatic rings. The lowest BCUT2D eigenvalue weighted by Gasteiger charge is -2.46. The van der Waals surface area contributed by atoms with Crippen molar-refractivity contribution in [3.8, 4) is 17.0 Å². The van der Waals surface area contributed by atoms with Gasteiger partial charge in [0, 0.05) is 18.7 Å². The van der Waals surface area contributed by atoms with Crippen molar-refractivity contribution in [1.82, 2.24) is 10.1 Å². The Hall–Kier alpha value is -3.45. The minimum Gasteiger partial charge on any atom is -0.492 e. The number of hydrogen-bond acceptors (Lipinski definition) is 9. The summed E-state index contributed by atoms with van der Waals surface area (Å²) < 4.78 is 60.2. The maximum Gasteiger partial charge on any atom is 0.422 e. The normalized spacial score (nSPS) is 24.1. The number of halogens is 3. The van der Waals surface area contributed by atoms with Crippen LogP contribution in [0.25, 0.3) is 11.3 Å². The van der Waals surface area contributed by atoms with E-state index in [4.69, 9.17) is 18.8 Å². The molecule has 12 heteroatoms. The Morgan fingerprint density at radius 1 is 1.11 bits per heavy atom. The van der Waals surface area contributed by atoms with Gasteiger partial charge in [0.05, 0.1) is 25.4 Å². The molecule has 0 saturated carbocycles. The molecule has 3 aromatic rings. The minimum atomic E-state index is -4.78. The number of morpholine rings is 1. The molecule has 4 heterocycles. The number of aliphatic hydroxyl groups excluding tert-OH is 2. The molecule has 3 unspecified atom stereocenters. The van der Waals surface area contributed by atoms with Crippen LogP contribution in [0, 0.1) is 5.92 Å². The molecule has 0 bridgehead atoms. The molecule has 0 radical (unpaired) electrons. The number of oxime groups is 1. The number of hydrogen-bond donors (Lipinski definition) is 2. The first kappa shape index (κ1) is 24.9. The molecule has 3 aliphatic heterocycles. The summed E-state index contributed by atoms with van der Waals surface area (Å²) >= 11 is 0. The van der Waals surface area contributed by atoms with E-state index in [-0.39, 0.29) is 23.6 Å². The third kappa shape index (κ3) is 3.87. The first-order chi connectivity index (χ1) is 18.3. The fourth-order valence-electron chi connectivity index (χ4n) is 5.36. The van der Waals surface area contributed by atoms with Crippen LogP contribution >= 0.6 is 0 Å². The average Bonchev–Trinajstić information content (AvgIpc) is 3.56. The van der Waals surface area contributed by atoms with E-state index in [1.807, 2.05) is 4.90 Å². The van der Waals surface area contributed by atoms with Gasteiger partial charge < -0.3 is 29.0 Å². The Balaban J connectivity index is 1.47. The lowest BCUT2D eigenvalue weighted by Crippen LogP contribution is -2.58. The number of aliphatic hydroxyl groups is 2. The van der Waals surface area contributed by atoms with Gasteiger partial charge in [-0.1, -0.05) is 46.7 Å². The molecule has 0 spiro atoms. The standard InChI is InChI=1S/C26H24F3N3O6/c27-26(28,29)21-22(15-4-2-1-3-5-15)30-37-24(21)23-18-14-36-20-12-16(19(34)13-33)6-7-17(20)25(18,38-31-23)32-8-10-35-11-9-32/h1-7,12,18-19,33-34H,8-11,13-14H2. The smallest absolute Gasteiger partial charge is 0.422 e. The topological polar surface area (TPSA) is 110 Å². The third-order valence-electron chi connectivity index (χ3n) is 7.18. The maximum atomic E-state index is 14.4. The number of nitrogens with zero attached hydrogens (tertiary/aromatic N) is 3. The first-order valence-electron chi connectivity index (χ1n) is 12.1. The Bertz CT molecular complexity index is 1360. The largest absolute Gasteiger partial charge is 0.492 e. The Kier molecular flexibility index (Phi) is 6.14. The molecule has 1 fully saturated rings. The summed E-state index contributed by atoms with van der Waals surface area (Å²) in [4.78, 5) is 8.07. The summed E-state index contributed by atoms with van der Waals surface area (Å²) in [5.74, 6) is -0.928. The summed E-state index contributed by atoms with van der Waals surface area (Å²) in [5.41, 5.74) is -1.48. The van der Waals surface area contributed by atoms with Gasteiger partial charge in [0.1, 0.15) is 41.3 Å². The highest BCUT2D eigenvalue weighted by atomic mass is 19.4. The van der Waals surface area contributed by atoms with Crippen molar-refractivity contribution >= 4 is 5.71 Å². The van der Waals surface area contributed by atoms with Crippen LogP contribution in [-0.2, 0) is 21.5 Å². The van der Waals surface area contributed by atoms with Crippen molar-refractivity contribution in [2.24, 2.45) is 11.1 Å².